The number of carbonyl (C=O) groups excluding carboxylic acids is 1. The van der Waals surface area contributed by atoms with Gasteiger partial charge >= 0.3 is 5.97 Å². The number of nitrogens with zero attached hydrogens (tertiary/aromatic N) is 2. The molecule has 0 saturated heterocycles. The number of hydrogen-bond donors (Lipinski definition) is 2. The SMILES string of the molecule is Cc1nn(-c2ccccc2)c2c1[C@H](c1ccc(C(=O)O)cc1)S[C@H](C)C(=O)N2. The van der Waals surface area contributed by atoms with E-state index in [1.807, 2.05) is 56.3 Å². The fourth-order valence-corrected chi connectivity index (χ4v) is 4.65. The van der Waals surface area contributed by atoms with Crippen molar-refractivity contribution < 1.29 is 14.7 Å². The molecule has 4 rings (SSSR count). The van der Waals surface area contributed by atoms with E-state index < -0.39 is 5.97 Å². The number of thioether (sulfide) groups is 1. The van der Waals surface area contributed by atoms with Crippen LogP contribution in [0.15, 0.2) is 54.6 Å². The van der Waals surface area contributed by atoms with Crippen LogP contribution in [-0.4, -0.2) is 32.0 Å². The first kappa shape index (κ1) is 18.3. The summed E-state index contributed by atoms with van der Waals surface area (Å²) in [6.45, 7) is 3.81. The van der Waals surface area contributed by atoms with E-state index >= 15 is 0 Å². The molecule has 0 fully saturated rings. The third kappa shape index (κ3) is 3.18. The number of carboxylic acid groups (broad SMARTS) is 1. The molecule has 6 nitrogen and oxygen atoms in total. The maximum absolute atomic E-state index is 12.6. The second-order valence-electron chi connectivity index (χ2n) is 6.67. The summed E-state index contributed by atoms with van der Waals surface area (Å²) < 4.78 is 1.76. The number of hydrogen-bond acceptors (Lipinski definition) is 4. The lowest BCUT2D eigenvalue weighted by molar-refractivity contribution is -0.115. The van der Waals surface area contributed by atoms with Crippen molar-refractivity contribution in [2.24, 2.45) is 0 Å². The summed E-state index contributed by atoms with van der Waals surface area (Å²) in [6, 6.07) is 16.5. The molecule has 1 amide bonds. The number of fused-ring (bicyclic) bond motifs is 1. The molecule has 2 aromatic carbocycles. The molecule has 0 radical (unpaired) electrons. The number of aromatic nitrogens is 2. The highest BCUT2D eigenvalue weighted by Crippen LogP contribution is 2.46. The van der Waals surface area contributed by atoms with Crippen molar-refractivity contribution in [3.63, 3.8) is 0 Å². The van der Waals surface area contributed by atoms with Crippen LogP contribution in [0.5, 0.6) is 0 Å². The summed E-state index contributed by atoms with van der Waals surface area (Å²) >= 11 is 1.54. The minimum Gasteiger partial charge on any atom is -0.478 e. The number of nitrogens with one attached hydrogen (secondary N) is 1. The zero-order valence-electron chi connectivity index (χ0n) is 15.4. The average Bonchev–Trinajstić information content (AvgIpc) is 2.95. The van der Waals surface area contributed by atoms with Crippen LogP contribution >= 0.6 is 11.8 Å². The van der Waals surface area contributed by atoms with E-state index in [0.29, 0.717) is 5.82 Å². The van der Waals surface area contributed by atoms with Gasteiger partial charge in [-0.2, -0.15) is 5.10 Å². The number of carboxylic acids is 1. The van der Waals surface area contributed by atoms with Crippen LogP contribution in [0.4, 0.5) is 5.82 Å². The van der Waals surface area contributed by atoms with Crippen LogP contribution in [0.3, 0.4) is 0 Å². The minimum absolute atomic E-state index is 0.0759. The molecule has 28 heavy (non-hydrogen) atoms. The Morgan fingerprint density at radius 2 is 1.82 bits per heavy atom. The van der Waals surface area contributed by atoms with Gasteiger partial charge < -0.3 is 10.4 Å². The first-order valence-corrected chi connectivity index (χ1v) is 9.84. The largest absolute Gasteiger partial charge is 0.478 e. The lowest BCUT2D eigenvalue weighted by Gasteiger charge is -2.17. The van der Waals surface area contributed by atoms with Crippen molar-refractivity contribution in [1.29, 1.82) is 0 Å². The molecule has 1 aliphatic rings. The molecule has 2 atom stereocenters. The van der Waals surface area contributed by atoms with E-state index in [-0.39, 0.29) is 22.0 Å². The van der Waals surface area contributed by atoms with Crippen molar-refractivity contribution in [1.82, 2.24) is 9.78 Å². The van der Waals surface area contributed by atoms with Crippen molar-refractivity contribution in [2.45, 2.75) is 24.3 Å². The lowest BCUT2D eigenvalue weighted by atomic mass is 10.0. The normalized spacial score (nSPS) is 18.9. The molecule has 7 heteroatoms. The molecule has 1 aromatic heterocycles. The first-order valence-electron chi connectivity index (χ1n) is 8.90. The van der Waals surface area contributed by atoms with Gasteiger partial charge in [-0.3, -0.25) is 4.79 Å². The predicted molar refractivity (Wildman–Crippen MR) is 109 cm³/mol. The van der Waals surface area contributed by atoms with E-state index in [1.165, 1.54) is 11.8 Å². The van der Waals surface area contributed by atoms with Crippen LogP contribution < -0.4 is 5.32 Å². The molecule has 0 saturated carbocycles. The van der Waals surface area contributed by atoms with Gasteiger partial charge in [-0.25, -0.2) is 9.48 Å². The Hall–Kier alpha value is -3.06. The molecule has 0 unspecified atom stereocenters. The molecule has 2 N–H and O–H groups in total. The first-order chi connectivity index (χ1) is 13.5. The van der Waals surface area contributed by atoms with Gasteiger partial charge in [0.15, 0.2) is 0 Å². The topological polar surface area (TPSA) is 84.2 Å². The maximum atomic E-state index is 12.6. The number of para-hydroxylation sites is 1. The zero-order chi connectivity index (χ0) is 19.8. The van der Waals surface area contributed by atoms with Gasteiger partial charge in [0, 0.05) is 5.56 Å². The lowest BCUT2D eigenvalue weighted by Crippen LogP contribution is -2.22. The Morgan fingerprint density at radius 1 is 1.14 bits per heavy atom. The Labute approximate surface area is 166 Å². The Morgan fingerprint density at radius 3 is 2.46 bits per heavy atom. The highest BCUT2D eigenvalue weighted by Gasteiger charge is 2.34. The number of anilines is 1. The smallest absolute Gasteiger partial charge is 0.335 e. The van der Waals surface area contributed by atoms with Crippen molar-refractivity contribution in [3.8, 4) is 5.69 Å². The van der Waals surface area contributed by atoms with Gasteiger partial charge in [-0.05, 0) is 43.7 Å². The van der Waals surface area contributed by atoms with Crippen molar-refractivity contribution in [2.75, 3.05) is 5.32 Å². The third-order valence-electron chi connectivity index (χ3n) is 4.78. The number of aryl methyl sites for hydroxylation is 1. The average molecular weight is 393 g/mol. The monoisotopic (exact) mass is 393 g/mol. The van der Waals surface area contributed by atoms with Gasteiger partial charge in [0.2, 0.25) is 5.91 Å². The van der Waals surface area contributed by atoms with Gasteiger partial charge in [0.1, 0.15) is 5.82 Å². The summed E-state index contributed by atoms with van der Waals surface area (Å²) in [5.74, 6) is -0.370. The van der Waals surface area contributed by atoms with Crippen LogP contribution in [0.1, 0.15) is 39.4 Å². The predicted octanol–water partition coefficient (Wildman–Crippen LogP) is 4.04. The molecule has 1 aliphatic heterocycles. The van der Waals surface area contributed by atoms with Crippen molar-refractivity contribution in [3.05, 3.63) is 77.0 Å². The van der Waals surface area contributed by atoms with E-state index in [9.17, 15) is 9.59 Å². The second kappa shape index (κ2) is 7.16. The number of benzene rings is 2. The molecular formula is C21H19N3O3S. The molecule has 3 aromatic rings. The van der Waals surface area contributed by atoms with E-state index in [2.05, 4.69) is 10.4 Å². The molecule has 0 spiro atoms. The molecule has 0 aliphatic carbocycles. The van der Waals surface area contributed by atoms with Gasteiger partial charge in [0.05, 0.1) is 27.4 Å². The summed E-state index contributed by atoms with van der Waals surface area (Å²) in [5.41, 5.74) is 3.81. The van der Waals surface area contributed by atoms with Gasteiger partial charge in [0.25, 0.3) is 0 Å². The maximum Gasteiger partial charge on any atom is 0.335 e. The van der Waals surface area contributed by atoms with E-state index in [4.69, 9.17) is 5.11 Å². The Balaban J connectivity index is 1.87. The summed E-state index contributed by atoms with van der Waals surface area (Å²) in [4.78, 5) is 23.8. The molecule has 142 valence electrons. The highest BCUT2D eigenvalue weighted by atomic mass is 32.2. The zero-order valence-corrected chi connectivity index (χ0v) is 16.2. The van der Waals surface area contributed by atoms with E-state index in [1.54, 1.807) is 16.8 Å². The minimum atomic E-state index is -0.959. The Kier molecular flexibility index (Phi) is 4.68. The van der Waals surface area contributed by atoms with E-state index in [0.717, 1.165) is 22.5 Å². The van der Waals surface area contributed by atoms with Crippen LogP contribution in [0, 0.1) is 6.92 Å². The second-order valence-corrected chi connectivity index (χ2v) is 8.12. The third-order valence-corrected chi connectivity index (χ3v) is 6.18. The van der Waals surface area contributed by atoms with Crippen molar-refractivity contribution >= 4 is 29.5 Å². The van der Waals surface area contributed by atoms with Gasteiger partial charge in [-0.1, -0.05) is 30.3 Å². The number of aromatic carboxylic acids is 1. The standard InChI is InChI=1S/C21H19N3O3S/c1-12-17-18(14-8-10-15(11-9-14)21(26)27)28-13(2)20(25)22-19(17)24(23-12)16-6-4-3-5-7-16/h3-11,13,18H,1-2H3,(H,22,25)(H,26,27)/t13-,18+/m1/s1. The molecular weight excluding hydrogens is 374 g/mol. The fourth-order valence-electron chi connectivity index (χ4n) is 3.33. The quantitative estimate of drug-likeness (QED) is 0.702. The molecule has 2 heterocycles. The summed E-state index contributed by atoms with van der Waals surface area (Å²) in [6.07, 6.45) is 0. The summed E-state index contributed by atoms with van der Waals surface area (Å²) in [5, 5.41) is 16.5. The fraction of sp³-hybridized carbons (Fsp3) is 0.190. The van der Waals surface area contributed by atoms with Crippen LogP contribution in [-0.2, 0) is 4.79 Å². The highest BCUT2D eigenvalue weighted by molar-refractivity contribution is 8.01. The van der Waals surface area contributed by atoms with Crippen LogP contribution in [0.25, 0.3) is 5.69 Å². The number of carbonyl (C=O) groups is 2. The summed E-state index contributed by atoms with van der Waals surface area (Å²) in [7, 11) is 0. The van der Waals surface area contributed by atoms with Gasteiger partial charge in [-0.15, -0.1) is 11.8 Å². The number of rotatable bonds is 3. The van der Waals surface area contributed by atoms with Crippen LogP contribution in [0.2, 0.25) is 0 Å². The Bertz CT molecular complexity index is 1040. The molecule has 0 bridgehead atoms. The number of amides is 1.